The Bertz CT molecular complexity index is 433. The standard InChI is InChI=1S/C17H25F2NO/c1-2-20-14(7-8-15-5-3-4-10-21-15)11-13-6-9-16(18)17(19)12-13/h6,9,12,14-15,20H,2-5,7-8,10-11H2,1H3. The van der Waals surface area contributed by atoms with E-state index in [1.165, 1.54) is 25.0 Å². The smallest absolute Gasteiger partial charge is 0.159 e. The first-order chi connectivity index (χ1) is 10.2. The van der Waals surface area contributed by atoms with Gasteiger partial charge in [-0.05, 0) is 62.8 Å². The number of hydrogen-bond donors (Lipinski definition) is 1. The van der Waals surface area contributed by atoms with E-state index in [4.69, 9.17) is 4.74 Å². The lowest BCUT2D eigenvalue weighted by Crippen LogP contribution is -2.32. The fourth-order valence-corrected chi connectivity index (χ4v) is 2.94. The average Bonchev–Trinajstić information content (AvgIpc) is 2.50. The zero-order valence-corrected chi connectivity index (χ0v) is 12.7. The van der Waals surface area contributed by atoms with Gasteiger partial charge in [-0.15, -0.1) is 0 Å². The van der Waals surface area contributed by atoms with Gasteiger partial charge in [-0.3, -0.25) is 0 Å². The molecule has 0 bridgehead atoms. The van der Waals surface area contributed by atoms with Crippen LogP contribution in [0.15, 0.2) is 18.2 Å². The molecule has 0 aromatic heterocycles. The van der Waals surface area contributed by atoms with Crippen LogP contribution in [0.25, 0.3) is 0 Å². The summed E-state index contributed by atoms with van der Waals surface area (Å²) in [6.07, 6.45) is 6.67. The van der Waals surface area contributed by atoms with Crippen molar-refractivity contribution in [1.29, 1.82) is 0 Å². The van der Waals surface area contributed by atoms with Crippen molar-refractivity contribution in [3.05, 3.63) is 35.4 Å². The molecule has 1 aromatic carbocycles. The van der Waals surface area contributed by atoms with Gasteiger partial charge in [0.15, 0.2) is 11.6 Å². The van der Waals surface area contributed by atoms with Crippen LogP contribution in [-0.2, 0) is 11.2 Å². The lowest BCUT2D eigenvalue weighted by Gasteiger charge is -2.25. The van der Waals surface area contributed by atoms with E-state index in [1.54, 1.807) is 6.07 Å². The summed E-state index contributed by atoms with van der Waals surface area (Å²) in [6.45, 7) is 3.81. The molecule has 2 rings (SSSR count). The lowest BCUT2D eigenvalue weighted by atomic mass is 9.97. The lowest BCUT2D eigenvalue weighted by molar-refractivity contribution is 0.00860. The van der Waals surface area contributed by atoms with Crippen LogP contribution in [-0.4, -0.2) is 25.3 Å². The first-order valence-corrected chi connectivity index (χ1v) is 7.98. The first kappa shape index (κ1) is 16.4. The van der Waals surface area contributed by atoms with E-state index in [-0.39, 0.29) is 6.04 Å². The molecule has 4 heteroatoms. The van der Waals surface area contributed by atoms with Crippen LogP contribution in [0.5, 0.6) is 0 Å². The third-order valence-corrected chi connectivity index (χ3v) is 4.07. The molecule has 0 spiro atoms. The minimum absolute atomic E-state index is 0.283. The molecule has 0 radical (unpaired) electrons. The minimum Gasteiger partial charge on any atom is -0.378 e. The average molecular weight is 297 g/mol. The summed E-state index contributed by atoms with van der Waals surface area (Å²) >= 11 is 0. The molecule has 1 aliphatic rings. The van der Waals surface area contributed by atoms with Crippen molar-refractivity contribution >= 4 is 0 Å². The fraction of sp³-hybridized carbons (Fsp3) is 0.647. The summed E-state index contributed by atoms with van der Waals surface area (Å²) in [5, 5.41) is 3.43. The highest BCUT2D eigenvalue weighted by molar-refractivity contribution is 5.18. The monoisotopic (exact) mass is 297 g/mol. The van der Waals surface area contributed by atoms with Crippen molar-refractivity contribution in [2.24, 2.45) is 0 Å². The Kier molecular flexibility index (Phi) is 6.58. The number of likely N-dealkylation sites (N-methyl/N-ethyl adjacent to an activating group) is 1. The molecule has 2 unspecified atom stereocenters. The minimum atomic E-state index is -0.783. The quantitative estimate of drug-likeness (QED) is 0.826. The Hall–Kier alpha value is -1.00. The van der Waals surface area contributed by atoms with Gasteiger partial charge in [0, 0.05) is 12.6 Å². The molecule has 0 amide bonds. The van der Waals surface area contributed by atoms with Crippen LogP contribution in [0, 0.1) is 11.6 Å². The fourth-order valence-electron chi connectivity index (χ4n) is 2.94. The van der Waals surface area contributed by atoms with E-state index in [1.807, 2.05) is 0 Å². The first-order valence-electron chi connectivity index (χ1n) is 7.98. The molecule has 1 saturated heterocycles. The van der Waals surface area contributed by atoms with E-state index in [2.05, 4.69) is 12.2 Å². The van der Waals surface area contributed by atoms with Gasteiger partial charge in [0.25, 0.3) is 0 Å². The molecule has 1 fully saturated rings. The maximum atomic E-state index is 13.3. The van der Waals surface area contributed by atoms with Gasteiger partial charge in [0.1, 0.15) is 0 Å². The number of halogens is 2. The van der Waals surface area contributed by atoms with Gasteiger partial charge in [0.05, 0.1) is 6.10 Å². The number of nitrogens with one attached hydrogen (secondary N) is 1. The number of ether oxygens (including phenoxy) is 1. The van der Waals surface area contributed by atoms with Crippen LogP contribution in [0.2, 0.25) is 0 Å². The summed E-state index contributed by atoms with van der Waals surface area (Å²) in [7, 11) is 0. The Labute approximate surface area is 125 Å². The summed E-state index contributed by atoms with van der Waals surface area (Å²) in [6, 6.07) is 4.46. The van der Waals surface area contributed by atoms with Crippen LogP contribution < -0.4 is 5.32 Å². The van der Waals surface area contributed by atoms with Crippen LogP contribution in [0.4, 0.5) is 8.78 Å². The van der Waals surface area contributed by atoms with Gasteiger partial charge >= 0.3 is 0 Å². The van der Waals surface area contributed by atoms with Crippen molar-refractivity contribution in [3.63, 3.8) is 0 Å². The Balaban J connectivity index is 1.86. The maximum absolute atomic E-state index is 13.3. The topological polar surface area (TPSA) is 21.3 Å². The normalized spacial score (nSPS) is 20.4. The third kappa shape index (κ3) is 5.36. The van der Waals surface area contributed by atoms with Gasteiger partial charge in [-0.25, -0.2) is 8.78 Å². The number of rotatable bonds is 7. The van der Waals surface area contributed by atoms with E-state index >= 15 is 0 Å². The summed E-state index contributed by atoms with van der Waals surface area (Å²) < 4.78 is 32.0. The predicted octanol–water partition coefficient (Wildman–Crippen LogP) is 3.83. The highest BCUT2D eigenvalue weighted by atomic mass is 19.2. The van der Waals surface area contributed by atoms with E-state index in [0.29, 0.717) is 6.10 Å². The Morgan fingerprint density at radius 1 is 1.29 bits per heavy atom. The van der Waals surface area contributed by atoms with Crippen molar-refractivity contribution in [2.75, 3.05) is 13.2 Å². The van der Waals surface area contributed by atoms with Gasteiger partial charge in [-0.2, -0.15) is 0 Å². The van der Waals surface area contributed by atoms with Crippen LogP contribution in [0.1, 0.15) is 44.6 Å². The SMILES string of the molecule is CCNC(CCC1CCCCO1)Cc1ccc(F)c(F)c1. The van der Waals surface area contributed by atoms with Gasteiger partial charge in [-0.1, -0.05) is 13.0 Å². The molecule has 2 atom stereocenters. The van der Waals surface area contributed by atoms with E-state index in [0.717, 1.165) is 44.4 Å². The van der Waals surface area contributed by atoms with Crippen molar-refractivity contribution in [2.45, 2.75) is 57.6 Å². The second-order valence-corrected chi connectivity index (χ2v) is 5.77. The van der Waals surface area contributed by atoms with Crippen molar-refractivity contribution in [3.8, 4) is 0 Å². The molecule has 1 aliphatic heterocycles. The highest BCUT2D eigenvalue weighted by Gasteiger charge is 2.17. The molecule has 2 nitrogen and oxygen atoms in total. The Morgan fingerprint density at radius 3 is 2.81 bits per heavy atom. The summed E-state index contributed by atoms with van der Waals surface area (Å²) in [5.74, 6) is -1.55. The molecule has 1 heterocycles. The third-order valence-electron chi connectivity index (χ3n) is 4.07. The van der Waals surface area contributed by atoms with E-state index < -0.39 is 11.6 Å². The largest absolute Gasteiger partial charge is 0.378 e. The van der Waals surface area contributed by atoms with Crippen LogP contribution in [0.3, 0.4) is 0 Å². The molecule has 0 saturated carbocycles. The molecular weight excluding hydrogens is 272 g/mol. The number of benzene rings is 1. The second-order valence-electron chi connectivity index (χ2n) is 5.77. The van der Waals surface area contributed by atoms with E-state index in [9.17, 15) is 8.78 Å². The summed E-state index contributed by atoms with van der Waals surface area (Å²) in [4.78, 5) is 0. The van der Waals surface area contributed by atoms with Gasteiger partial charge in [0.2, 0.25) is 0 Å². The van der Waals surface area contributed by atoms with Crippen molar-refractivity contribution in [1.82, 2.24) is 5.32 Å². The number of hydrogen-bond acceptors (Lipinski definition) is 2. The molecule has 118 valence electrons. The highest BCUT2D eigenvalue weighted by Crippen LogP contribution is 2.19. The Morgan fingerprint density at radius 2 is 2.14 bits per heavy atom. The molecule has 0 aliphatic carbocycles. The second kappa shape index (κ2) is 8.44. The zero-order chi connectivity index (χ0) is 15.1. The maximum Gasteiger partial charge on any atom is 0.159 e. The van der Waals surface area contributed by atoms with Crippen molar-refractivity contribution < 1.29 is 13.5 Å². The predicted molar refractivity (Wildman–Crippen MR) is 80.4 cm³/mol. The van der Waals surface area contributed by atoms with Crippen LogP contribution >= 0.6 is 0 Å². The molecular formula is C17H25F2NO. The summed E-state index contributed by atoms with van der Waals surface area (Å²) in [5.41, 5.74) is 0.837. The molecule has 1 N–H and O–H groups in total. The molecule has 1 aromatic rings. The zero-order valence-electron chi connectivity index (χ0n) is 12.7. The van der Waals surface area contributed by atoms with Gasteiger partial charge < -0.3 is 10.1 Å². The molecule has 21 heavy (non-hydrogen) atoms.